The predicted octanol–water partition coefficient (Wildman–Crippen LogP) is 2.37. The van der Waals surface area contributed by atoms with Crippen LogP contribution in [-0.4, -0.2) is 32.3 Å². The van der Waals surface area contributed by atoms with Gasteiger partial charge in [-0.05, 0) is 47.2 Å². The van der Waals surface area contributed by atoms with Crippen molar-refractivity contribution in [3.05, 3.63) is 47.0 Å². The molecule has 0 aliphatic carbocycles. The topological polar surface area (TPSA) is 59.2 Å². The maximum Gasteiger partial charge on any atom is 0.200 e. The molecule has 0 bridgehead atoms. The third-order valence-electron chi connectivity index (χ3n) is 3.35. The fourth-order valence-electron chi connectivity index (χ4n) is 1.99. The predicted molar refractivity (Wildman–Crippen MR) is 76.8 cm³/mol. The molecule has 3 aromatic rings. The lowest BCUT2D eigenvalue weighted by Crippen LogP contribution is -2.23. The number of tetrazole rings is 1. The van der Waals surface area contributed by atoms with Crippen molar-refractivity contribution in [2.45, 2.75) is 13.0 Å². The highest BCUT2D eigenvalue weighted by molar-refractivity contribution is 6.30. The number of aromatic nitrogens is 5. The van der Waals surface area contributed by atoms with Gasteiger partial charge >= 0.3 is 0 Å². The largest absolute Gasteiger partial charge is 0.351 e. The van der Waals surface area contributed by atoms with E-state index in [1.165, 1.54) is 4.63 Å². The van der Waals surface area contributed by atoms with Crippen LogP contribution in [0.1, 0.15) is 18.5 Å². The number of anilines is 1. The normalized spacial score (nSPS) is 12.6. The molecule has 6 nitrogen and oxygen atoms in total. The zero-order valence-electron chi connectivity index (χ0n) is 11.1. The molecule has 2 heterocycles. The van der Waals surface area contributed by atoms with Crippen LogP contribution >= 0.6 is 11.6 Å². The minimum Gasteiger partial charge on any atom is -0.351 e. The van der Waals surface area contributed by atoms with Crippen molar-refractivity contribution in [3.8, 4) is 0 Å². The summed E-state index contributed by atoms with van der Waals surface area (Å²) in [4.78, 5) is 2.06. The van der Waals surface area contributed by atoms with E-state index in [1.54, 1.807) is 0 Å². The van der Waals surface area contributed by atoms with Crippen LogP contribution in [0.3, 0.4) is 0 Å². The number of benzene rings is 1. The van der Waals surface area contributed by atoms with Gasteiger partial charge in [0.1, 0.15) is 0 Å². The third-order valence-corrected chi connectivity index (χ3v) is 3.60. The monoisotopic (exact) mass is 288 g/mol. The Kier molecular flexibility index (Phi) is 3.23. The number of rotatable bonds is 3. The summed E-state index contributed by atoms with van der Waals surface area (Å²) < 4.78 is 1.42. The van der Waals surface area contributed by atoms with Crippen LogP contribution in [0.5, 0.6) is 0 Å². The van der Waals surface area contributed by atoms with Gasteiger partial charge in [-0.3, -0.25) is 0 Å². The Balaban J connectivity index is 1.90. The average molecular weight is 289 g/mol. The van der Waals surface area contributed by atoms with Gasteiger partial charge in [0.25, 0.3) is 0 Å². The van der Waals surface area contributed by atoms with Crippen molar-refractivity contribution in [3.63, 3.8) is 0 Å². The lowest BCUT2D eigenvalue weighted by atomic mass is 10.1. The first kappa shape index (κ1) is 12.8. The minimum absolute atomic E-state index is 0.161. The molecule has 0 fully saturated rings. The number of fused-ring (bicyclic) bond motifs is 1. The van der Waals surface area contributed by atoms with Gasteiger partial charge < -0.3 is 4.90 Å². The summed E-state index contributed by atoms with van der Waals surface area (Å²) in [6, 6.07) is 11.7. The van der Waals surface area contributed by atoms with E-state index in [2.05, 4.69) is 32.4 Å². The minimum atomic E-state index is 0.161. The molecule has 0 saturated heterocycles. The summed E-state index contributed by atoms with van der Waals surface area (Å²) >= 11 is 5.91. The summed E-state index contributed by atoms with van der Waals surface area (Å²) in [6.07, 6.45) is 0. The number of hydrogen-bond donors (Lipinski definition) is 0. The zero-order chi connectivity index (χ0) is 14.1. The highest BCUT2D eigenvalue weighted by Crippen LogP contribution is 2.24. The number of hydrogen-bond acceptors (Lipinski definition) is 5. The second kappa shape index (κ2) is 5.05. The molecule has 0 unspecified atom stereocenters. The van der Waals surface area contributed by atoms with Gasteiger partial charge in [0.2, 0.25) is 0 Å². The molecule has 20 heavy (non-hydrogen) atoms. The summed E-state index contributed by atoms with van der Waals surface area (Å²) in [6.45, 7) is 2.11. The van der Waals surface area contributed by atoms with Crippen molar-refractivity contribution in [1.82, 2.24) is 25.3 Å². The number of nitrogens with zero attached hydrogens (tertiary/aromatic N) is 6. The Morgan fingerprint density at radius 2 is 1.90 bits per heavy atom. The molecule has 0 spiro atoms. The van der Waals surface area contributed by atoms with E-state index >= 15 is 0 Å². The van der Waals surface area contributed by atoms with Crippen molar-refractivity contribution in [2.24, 2.45) is 0 Å². The van der Waals surface area contributed by atoms with Gasteiger partial charge in [-0.2, -0.15) is 0 Å². The molecule has 1 atom stereocenters. The first-order chi connectivity index (χ1) is 9.65. The van der Waals surface area contributed by atoms with Crippen molar-refractivity contribution < 1.29 is 0 Å². The van der Waals surface area contributed by atoms with Crippen LogP contribution < -0.4 is 4.90 Å². The van der Waals surface area contributed by atoms with Crippen LogP contribution in [0.25, 0.3) is 5.65 Å². The first-order valence-corrected chi connectivity index (χ1v) is 6.56. The quantitative estimate of drug-likeness (QED) is 0.740. The summed E-state index contributed by atoms with van der Waals surface area (Å²) in [5.41, 5.74) is 1.79. The Hall–Kier alpha value is -2.21. The third kappa shape index (κ3) is 2.30. The molecule has 1 aromatic carbocycles. The second-order valence-electron chi connectivity index (χ2n) is 4.56. The van der Waals surface area contributed by atoms with Gasteiger partial charge in [0.05, 0.1) is 6.04 Å². The average Bonchev–Trinajstić information content (AvgIpc) is 2.94. The summed E-state index contributed by atoms with van der Waals surface area (Å²) in [5.74, 6) is 0.798. The van der Waals surface area contributed by atoms with Gasteiger partial charge in [0.15, 0.2) is 11.5 Å². The Morgan fingerprint density at radius 3 is 2.65 bits per heavy atom. The highest BCUT2D eigenvalue weighted by Gasteiger charge is 2.14. The van der Waals surface area contributed by atoms with E-state index in [-0.39, 0.29) is 6.04 Å². The lowest BCUT2D eigenvalue weighted by molar-refractivity contribution is 0.684. The van der Waals surface area contributed by atoms with Crippen molar-refractivity contribution >= 4 is 23.1 Å². The Bertz CT molecular complexity index is 723. The maximum atomic E-state index is 5.91. The van der Waals surface area contributed by atoms with Crippen LogP contribution in [-0.2, 0) is 0 Å². The molecule has 0 N–H and O–H groups in total. The van der Waals surface area contributed by atoms with Gasteiger partial charge in [0, 0.05) is 12.1 Å². The molecule has 3 rings (SSSR count). The fraction of sp³-hybridized carbons (Fsp3) is 0.231. The molecule has 2 aromatic heterocycles. The molecule has 102 valence electrons. The molecular formula is C13H13ClN6. The number of halogens is 1. The van der Waals surface area contributed by atoms with Crippen LogP contribution in [0.4, 0.5) is 5.82 Å². The molecule has 0 aliphatic rings. The van der Waals surface area contributed by atoms with Crippen LogP contribution in [0.2, 0.25) is 5.02 Å². The Labute approximate surface area is 121 Å². The van der Waals surface area contributed by atoms with Crippen molar-refractivity contribution in [2.75, 3.05) is 11.9 Å². The van der Waals surface area contributed by atoms with Gasteiger partial charge in [-0.25, -0.2) is 0 Å². The smallest absolute Gasteiger partial charge is 0.200 e. The van der Waals surface area contributed by atoms with E-state index in [0.29, 0.717) is 5.65 Å². The van der Waals surface area contributed by atoms with E-state index in [0.717, 1.165) is 16.4 Å². The first-order valence-electron chi connectivity index (χ1n) is 6.19. The molecule has 0 aliphatic heterocycles. The molecular weight excluding hydrogens is 276 g/mol. The molecule has 0 saturated carbocycles. The standard InChI is InChI=1S/C13H13ClN6/c1-9(10-3-5-11(14)6-4-10)19(2)13-8-7-12-15-17-18-20(12)16-13/h3-9H,1-2H3/t9-/m1/s1. The zero-order valence-corrected chi connectivity index (χ0v) is 11.9. The van der Waals surface area contributed by atoms with E-state index in [9.17, 15) is 0 Å². The van der Waals surface area contributed by atoms with E-state index in [4.69, 9.17) is 11.6 Å². The fourth-order valence-corrected chi connectivity index (χ4v) is 2.12. The molecule has 0 radical (unpaired) electrons. The van der Waals surface area contributed by atoms with E-state index in [1.807, 2.05) is 43.4 Å². The molecule has 7 heteroatoms. The lowest BCUT2D eigenvalue weighted by Gasteiger charge is -2.26. The van der Waals surface area contributed by atoms with Crippen molar-refractivity contribution in [1.29, 1.82) is 0 Å². The Morgan fingerprint density at radius 1 is 1.15 bits per heavy atom. The second-order valence-corrected chi connectivity index (χ2v) is 4.99. The summed E-state index contributed by atoms with van der Waals surface area (Å²) in [7, 11) is 1.98. The maximum absolute atomic E-state index is 5.91. The highest BCUT2D eigenvalue weighted by atomic mass is 35.5. The van der Waals surface area contributed by atoms with E-state index < -0.39 is 0 Å². The van der Waals surface area contributed by atoms with Gasteiger partial charge in [-0.15, -0.1) is 14.8 Å². The van der Waals surface area contributed by atoms with Gasteiger partial charge in [-0.1, -0.05) is 23.7 Å². The SMILES string of the molecule is C[C@H](c1ccc(Cl)cc1)N(C)c1ccc2nnnn2n1. The van der Waals surface area contributed by atoms with Crippen LogP contribution in [0, 0.1) is 0 Å². The molecule has 0 amide bonds. The van der Waals surface area contributed by atoms with Crippen LogP contribution in [0.15, 0.2) is 36.4 Å². The summed E-state index contributed by atoms with van der Waals surface area (Å²) in [5, 5.41) is 16.3.